The molecule has 1 rings (SSSR count). The first-order valence-electron chi connectivity index (χ1n) is 2.99. The number of hydrogen-bond acceptors (Lipinski definition) is 3. The lowest BCUT2D eigenvalue weighted by Gasteiger charge is -2.06. The first-order valence-corrected chi connectivity index (χ1v) is 3.37. The van der Waals surface area contributed by atoms with Crippen molar-refractivity contribution in [2.24, 2.45) is 0 Å². The zero-order valence-electron chi connectivity index (χ0n) is 6.13. The fourth-order valence-electron chi connectivity index (χ4n) is 0.745. The largest absolute Gasteiger partial charge is 0.708 e. The van der Waals surface area contributed by atoms with E-state index in [4.69, 9.17) is 16.7 Å². The van der Waals surface area contributed by atoms with E-state index in [-0.39, 0.29) is 15.4 Å². The van der Waals surface area contributed by atoms with Gasteiger partial charge in [-0.1, -0.05) is 11.6 Å². The van der Waals surface area contributed by atoms with Gasteiger partial charge in [-0.3, -0.25) is 0 Å². The highest BCUT2D eigenvalue weighted by Gasteiger charge is 2.15. The highest BCUT2D eigenvalue weighted by atomic mass is 35.5. The number of hydrogen-bond donors (Lipinski definition) is 1. The second-order valence-corrected chi connectivity index (χ2v) is 2.57. The molecule has 0 bridgehead atoms. The summed E-state index contributed by atoms with van der Waals surface area (Å²) in [4.78, 5) is 3.51. The molecule has 1 aromatic rings. The van der Waals surface area contributed by atoms with Gasteiger partial charge in [0.15, 0.2) is 5.69 Å². The predicted molar refractivity (Wildman–Crippen MR) is 39.3 cm³/mol. The summed E-state index contributed by atoms with van der Waals surface area (Å²) in [5.41, 5.74) is 0.713. The van der Waals surface area contributed by atoms with Crippen LogP contribution in [0, 0.1) is 19.1 Å². The monoisotopic (exact) mass is 174 g/mol. The van der Waals surface area contributed by atoms with Crippen LogP contribution >= 0.6 is 11.6 Å². The second kappa shape index (κ2) is 2.54. The molecular weight excluding hydrogens is 168 g/mol. The molecule has 60 valence electrons. The van der Waals surface area contributed by atoms with Crippen LogP contribution in [0.3, 0.4) is 0 Å². The molecule has 11 heavy (non-hydrogen) atoms. The summed E-state index contributed by atoms with van der Waals surface area (Å²) >= 11 is 5.66. The molecule has 0 unspecified atom stereocenters. The molecule has 0 aliphatic carbocycles. The summed E-state index contributed by atoms with van der Waals surface area (Å²) in [7, 11) is 0. The number of aryl methyl sites for hydroxylation is 1. The third kappa shape index (κ3) is 1.21. The van der Waals surface area contributed by atoms with Crippen LogP contribution in [-0.4, -0.2) is 10.1 Å². The average molecular weight is 175 g/mol. The molecule has 0 amide bonds. The quantitative estimate of drug-likeness (QED) is 0.465. The van der Waals surface area contributed by atoms with Crippen molar-refractivity contribution in [2.45, 2.75) is 13.8 Å². The Morgan fingerprint density at radius 1 is 1.55 bits per heavy atom. The van der Waals surface area contributed by atoms with Crippen molar-refractivity contribution in [3.8, 4) is 6.01 Å². The van der Waals surface area contributed by atoms with Crippen LogP contribution < -0.4 is 4.73 Å². The predicted octanol–water partition coefficient (Wildman–Crippen LogP) is 0.691. The van der Waals surface area contributed by atoms with Gasteiger partial charge in [-0.05, 0) is 11.9 Å². The Kier molecular flexibility index (Phi) is 1.87. The van der Waals surface area contributed by atoms with Gasteiger partial charge in [-0.15, -0.1) is 0 Å². The summed E-state index contributed by atoms with van der Waals surface area (Å²) in [6, 6.07) is -0.565. The summed E-state index contributed by atoms with van der Waals surface area (Å²) in [6.45, 7) is 3.14. The van der Waals surface area contributed by atoms with Crippen LogP contribution in [0.5, 0.6) is 6.01 Å². The second-order valence-electron chi connectivity index (χ2n) is 2.19. The maximum atomic E-state index is 10.9. The van der Waals surface area contributed by atoms with Crippen molar-refractivity contribution < 1.29 is 9.84 Å². The number of aromatic nitrogens is 2. The van der Waals surface area contributed by atoms with Gasteiger partial charge in [0.05, 0.1) is 0 Å². The minimum Gasteiger partial charge on any atom is -0.708 e. The molecule has 0 radical (unpaired) electrons. The van der Waals surface area contributed by atoms with E-state index in [9.17, 15) is 5.21 Å². The van der Waals surface area contributed by atoms with E-state index in [1.54, 1.807) is 6.92 Å². The minimum absolute atomic E-state index is 0.261. The summed E-state index contributed by atoms with van der Waals surface area (Å²) in [6.07, 6.45) is 0. The van der Waals surface area contributed by atoms with Gasteiger partial charge in [0, 0.05) is 6.92 Å². The number of halogens is 1. The molecule has 0 aromatic carbocycles. The lowest BCUT2D eigenvalue weighted by Crippen LogP contribution is -2.31. The normalized spacial score (nSPS) is 10.1. The molecule has 0 atom stereocenters. The van der Waals surface area contributed by atoms with Gasteiger partial charge >= 0.3 is 6.01 Å². The van der Waals surface area contributed by atoms with Crippen LogP contribution in [-0.2, 0) is 0 Å². The fraction of sp³-hybridized carbons (Fsp3) is 0.333. The molecule has 5 heteroatoms. The van der Waals surface area contributed by atoms with Crippen molar-refractivity contribution in [3.63, 3.8) is 0 Å². The number of aromatic hydroxyl groups is 1. The Bertz CT molecular complexity index is 275. The van der Waals surface area contributed by atoms with Gasteiger partial charge in [0.1, 0.15) is 10.7 Å². The van der Waals surface area contributed by atoms with E-state index in [0.717, 1.165) is 0 Å². The smallest absolute Gasteiger partial charge is 0.499 e. The maximum Gasteiger partial charge on any atom is 0.499 e. The summed E-state index contributed by atoms with van der Waals surface area (Å²) in [5.74, 6) is 0. The molecule has 0 saturated heterocycles. The van der Waals surface area contributed by atoms with Gasteiger partial charge < -0.3 is 10.3 Å². The lowest BCUT2D eigenvalue weighted by atomic mass is 10.3. The lowest BCUT2D eigenvalue weighted by molar-refractivity contribution is -0.623. The minimum atomic E-state index is -0.565. The molecule has 0 spiro atoms. The van der Waals surface area contributed by atoms with Crippen molar-refractivity contribution in [3.05, 3.63) is 21.6 Å². The Hall–Kier alpha value is -1.03. The van der Waals surface area contributed by atoms with Crippen LogP contribution in [0.25, 0.3) is 0 Å². The highest BCUT2D eigenvalue weighted by molar-refractivity contribution is 6.31. The van der Waals surface area contributed by atoms with Crippen molar-refractivity contribution in [1.29, 1.82) is 0 Å². The van der Waals surface area contributed by atoms with Crippen LogP contribution in [0.4, 0.5) is 0 Å². The first kappa shape index (κ1) is 8.07. The van der Waals surface area contributed by atoms with Gasteiger partial charge in [0.25, 0.3) is 0 Å². The van der Waals surface area contributed by atoms with E-state index in [2.05, 4.69) is 4.98 Å². The van der Waals surface area contributed by atoms with Crippen LogP contribution in [0.15, 0.2) is 0 Å². The third-order valence-corrected chi connectivity index (χ3v) is 1.94. The van der Waals surface area contributed by atoms with Crippen LogP contribution in [0.2, 0.25) is 5.02 Å². The highest BCUT2D eigenvalue weighted by Crippen LogP contribution is 2.16. The molecule has 0 saturated carbocycles. The van der Waals surface area contributed by atoms with Crippen molar-refractivity contribution in [1.82, 2.24) is 4.98 Å². The Morgan fingerprint density at radius 2 is 2.09 bits per heavy atom. The molecule has 1 aromatic heterocycles. The Balaban J connectivity index is 3.46. The molecular formula is C6H7ClN2O2. The van der Waals surface area contributed by atoms with Crippen LogP contribution in [0.1, 0.15) is 11.4 Å². The molecule has 0 fully saturated rings. The molecule has 0 aliphatic rings. The van der Waals surface area contributed by atoms with E-state index in [1.165, 1.54) is 6.92 Å². The first-order chi connectivity index (χ1) is 5.04. The summed E-state index contributed by atoms with van der Waals surface area (Å²) in [5, 5.41) is 20.0. The SMILES string of the molecule is Cc1nc(O)[n+]([O-])c(C)c1Cl. The fourth-order valence-corrected chi connectivity index (χ4v) is 0.864. The molecule has 4 nitrogen and oxygen atoms in total. The summed E-state index contributed by atoms with van der Waals surface area (Å²) < 4.78 is 0.287. The van der Waals surface area contributed by atoms with E-state index in [0.29, 0.717) is 5.69 Å². The number of rotatable bonds is 0. The van der Waals surface area contributed by atoms with Crippen molar-refractivity contribution >= 4 is 11.6 Å². The maximum absolute atomic E-state index is 10.9. The molecule has 1 N–H and O–H groups in total. The van der Waals surface area contributed by atoms with Crippen molar-refractivity contribution in [2.75, 3.05) is 0 Å². The van der Waals surface area contributed by atoms with Gasteiger partial charge in [0.2, 0.25) is 0 Å². The standard InChI is InChI=1S/C6H7ClN2O2/c1-3-5(7)4(2)9(11)6(10)8-3/h1-2H3,(H,8,10). The van der Waals surface area contributed by atoms with Gasteiger partial charge in [-0.2, -0.15) is 4.73 Å². The Morgan fingerprint density at radius 3 is 2.64 bits per heavy atom. The topological polar surface area (TPSA) is 60.1 Å². The third-order valence-electron chi connectivity index (χ3n) is 1.39. The van der Waals surface area contributed by atoms with E-state index < -0.39 is 6.01 Å². The zero-order chi connectivity index (χ0) is 8.59. The average Bonchev–Trinajstić information content (AvgIpc) is 1.97. The van der Waals surface area contributed by atoms with E-state index >= 15 is 0 Å². The molecule has 1 heterocycles. The van der Waals surface area contributed by atoms with Gasteiger partial charge in [-0.25, -0.2) is 0 Å². The van der Waals surface area contributed by atoms with E-state index in [1.807, 2.05) is 0 Å². The Labute approximate surface area is 68.7 Å². The zero-order valence-corrected chi connectivity index (χ0v) is 6.88. The number of nitrogens with zero attached hydrogens (tertiary/aromatic N) is 2. The molecule has 0 aliphatic heterocycles.